The van der Waals surface area contributed by atoms with Crippen molar-refractivity contribution in [1.29, 1.82) is 0 Å². The molecule has 0 heteroatoms. The Bertz CT molecular complexity index is 269. The van der Waals surface area contributed by atoms with Crippen molar-refractivity contribution in [1.82, 2.24) is 0 Å². The van der Waals surface area contributed by atoms with Gasteiger partial charge in [0.25, 0.3) is 0 Å². The summed E-state index contributed by atoms with van der Waals surface area (Å²) in [7, 11) is 0. The lowest BCUT2D eigenvalue weighted by Crippen LogP contribution is -1.97. The van der Waals surface area contributed by atoms with Gasteiger partial charge in [-0.2, -0.15) is 0 Å². The molecule has 0 aromatic heterocycles. The van der Waals surface area contributed by atoms with E-state index in [4.69, 9.17) is 0 Å². The summed E-state index contributed by atoms with van der Waals surface area (Å²) in [6, 6.07) is 8.54. The van der Waals surface area contributed by atoms with Crippen molar-refractivity contribution < 1.29 is 0 Å². The third-order valence-corrected chi connectivity index (χ3v) is 2.64. The van der Waals surface area contributed by atoms with Crippen molar-refractivity contribution in [2.24, 2.45) is 0 Å². The van der Waals surface area contributed by atoms with Crippen LogP contribution in [0.5, 0.6) is 0 Å². The lowest BCUT2D eigenvalue weighted by atomic mass is 9.90. The lowest BCUT2D eigenvalue weighted by Gasteiger charge is -2.15. The Balaban J connectivity index is 3.03. The van der Waals surface area contributed by atoms with Gasteiger partial charge in [0.05, 0.1) is 0 Å². The predicted molar refractivity (Wildman–Crippen MR) is 59.9 cm³/mol. The highest BCUT2D eigenvalue weighted by Gasteiger charge is 2.08. The average Bonchev–Trinajstić information content (AvgIpc) is 2.20. The van der Waals surface area contributed by atoms with E-state index in [9.17, 15) is 0 Å². The summed E-state index contributed by atoms with van der Waals surface area (Å²) in [6.07, 6.45) is 4.37. The van der Waals surface area contributed by atoms with Crippen LogP contribution >= 0.6 is 0 Å². The second-order valence-corrected chi connectivity index (χ2v) is 3.35. The molecule has 0 N–H and O–H groups in total. The van der Waals surface area contributed by atoms with Gasteiger partial charge in [-0.1, -0.05) is 50.8 Å². The van der Waals surface area contributed by atoms with Crippen LogP contribution in [-0.4, -0.2) is 0 Å². The highest BCUT2D eigenvalue weighted by Crippen LogP contribution is 2.26. The van der Waals surface area contributed by atoms with E-state index in [-0.39, 0.29) is 0 Å². The van der Waals surface area contributed by atoms with Crippen molar-refractivity contribution in [3.63, 3.8) is 0 Å². The van der Waals surface area contributed by atoms with Crippen LogP contribution in [-0.2, 0) is 0 Å². The van der Waals surface area contributed by atoms with Crippen molar-refractivity contribution in [2.45, 2.75) is 32.6 Å². The molecule has 1 aromatic carbocycles. The van der Waals surface area contributed by atoms with Gasteiger partial charge in [0.2, 0.25) is 0 Å². The molecule has 0 atom stereocenters. The Labute approximate surface area is 81.3 Å². The molecular formula is C13H18. The molecule has 70 valence electrons. The molecule has 0 amide bonds. The maximum absolute atomic E-state index is 3.84. The zero-order valence-corrected chi connectivity index (χ0v) is 8.59. The first kappa shape index (κ1) is 10.0. The minimum atomic E-state index is 0.689. The average molecular weight is 174 g/mol. The molecule has 0 heterocycles. The first-order valence-electron chi connectivity index (χ1n) is 5.04. The standard InChI is InChI=1S/C13H18/c1-4-11(5-2)13-10-8-7-9-12(13)6-3/h6-11H,3-5H2,1-2H3. The van der Waals surface area contributed by atoms with Crippen LogP contribution in [0.2, 0.25) is 0 Å². The topological polar surface area (TPSA) is 0 Å². The Kier molecular flexibility index (Phi) is 3.75. The van der Waals surface area contributed by atoms with Crippen LogP contribution in [0.15, 0.2) is 30.8 Å². The minimum absolute atomic E-state index is 0.689. The number of hydrogen-bond acceptors (Lipinski definition) is 0. The van der Waals surface area contributed by atoms with Gasteiger partial charge in [-0.25, -0.2) is 0 Å². The molecule has 13 heavy (non-hydrogen) atoms. The molecule has 0 bridgehead atoms. The summed E-state index contributed by atoms with van der Waals surface area (Å²) in [5, 5.41) is 0. The highest BCUT2D eigenvalue weighted by molar-refractivity contribution is 5.52. The Hall–Kier alpha value is -1.04. The second-order valence-electron chi connectivity index (χ2n) is 3.35. The first-order chi connectivity index (χ1) is 6.33. The van der Waals surface area contributed by atoms with Gasteiger partial charge in [0, 0.05) is 0 Å². The summed E-state index contributed by atoms with van der Waals surface area (Å²) in [4.78, 5) is 0. The summed E-state index contributed by atoms with van der Waals surface area (Å²) in [5.74, 6) is 0.689. The quantitative estimate of drug-likeness (QED) is 0.640. The van der Waals surface area contributed by atoms with Crippen molar-refractivity contribution in [2.75, 3.05) is 0 Å². The van der Waals surface area contributed by atoms with Gasteiger partial charge in [-0.15, -0.1) is 0 Å². The van der Waals surface area contributed by atoms with Gasteiger partial charge in [0.1, 0.15) is 0 Å². The van der Waals surface area contributed by atoms with Crippen LogP contribution in [0.1, 0.15) is 43.7 Å². The molecule has 1 aromatic rings. The zero-order valence-electron chi connectivity index (χ0n) is 8.59. The summed E-state index contributed by atoms with van der Waals surface area (Å²) >= 11 is 0. The number of benzene rings is 1. The van der Waals surface area contributed by atoms with Gasteiger partial charge >= 0.3 is 0 Å². The van der Waals surface area contributed by atoms with E-state index in [0.717, 1.165) is 0 Å². The molecule has 0 saturated heterocycles. The molecule has 0 saturated carbocycles. The zero-order chi connectivity index (χ0) is 9.68. The van der Waals surface area contributed by atoms with E-state index in [2.05, 4.69) is 44.7 Å². The van der Waals surface area contributed by atoms with E-state index in [1.54, 1.807) is 0 Å². The van der Waals surface area contributed by atoms with Crippen LogP contribution in [0.25, 0.3) is 6.08 Å². The Morgan fingerprint density at radius 2 is 1.85 bits per heavy atom. The summed E-state index contributed by atoms with van der Waals surface area (Å²) in [5.41, 5.74) is 2.73. The number of rotatable bonds is 4. The smallest absolute Gasteiger partial charge is 0.0161 e. The fraction of sp³-hybridized carbons (Fsp3) is 0.385. The normalized spacial score (nSPS) is 10.4. The molecular weight excluding hydrogens is 156 g/mol. The monoisotopic (exact) mass is 174 g/mol. The van der Waals surface area contributed by atoms with Gasteiger partial charge in [-0.05, 0) is 29.9 Å². The fourth-order valence-corrected chi connectivity index (χ4v) is 1.80. The molecule has 0 spiro atoms. The Morgan fingerprint density at radius 1 is 1.23 bits per heavy atom. The lowest BCUT2D eigenvalue weighted by molar-refractivity contribution is 0.641. The fourth-order valence-electron chi connectivity index (χ4n) is 1.80. The molecule has 0 aliphatic carbocycles. The van der Waals surface area contributed by atoms with E-state index < -0.39 is 0 Å². The molecule has 0 radical (unpaired) electrons. The van der Waals surface area contributed by atoms with E-state index >= 15 is 0 Å². The van der Waals surface area contributed by atoms with Crippen LogP contribution in [0.4, 0.5) is 0 Å². The number of hydrogen-bond donors (Lipinski definition) is 0. The van der Waals surface area contributed by atoms with Gasteiger partial charge in [-0.3, -0.25) is 0 Å². The van der Waals surface area contributed by atoms with Crippen molar-refractivity contribution in [3.8, 4) is 0 Å². The maximum atomic E-state index is 3.84. The summed E-state index contributed by atoms with van der Waals surface area (Å²) in [6.45, 7) is 8.33. The van der Waals surface area contributed by atoms with Crippen molar-refractivity contribution >= 4 is 6.08 Å². The third-order valence-electron chi connectivity index (χ3n) is 2.64. The highest BCUT2D eigenvalue weighted by atomic mass is 14.1. The molecule has 0 unspecified atom stereocenters. The molecule has 1 rings (SSSR count). The van der Waals surface area contributed by atoms with E-state index in [0.29, 0.717) is 5.92 Å². The SMILES string of the molecule is C=Cc1ccccc1C(CC)CC. The third kappa shape index (κ3) is 2.21. The predicted octanol–water partition coefficient (Wildman–Crippen LogP) is 4.23. The van der Waals surface area contributed by atoms with Gasteiger partial charge < -0.3 is 0 Å². The molecule has 0 nitrogen and oxygen atoms in total. The minimum Gasteiger partial charge on any atom is -0.0985 e. The molecule has 0 fully saturated rings. The van der Waals surface area contributed by atoms with E-state index in [1.165, 1.54) is 24.0 Å². The molecule has 0 aliphatic heterocycles. The van der Waals surface area contributed by atoms with Crippen LogP contribution in [0.3, 0.4) is 0 Å². The van der Waals surface area contributed by atoms with E-state index in [1.807, 2.05) is 6.08 Å². The summed E-state index contributed by atoms with van der Waals surface area (Å²) < 4.78 is 0. The Morgan fingerprint density at radius 3 is 2.38 bits per heavy atom. The largest absolute Gasteiger partial charge is 0.0985 e. The molecule has 0 aliphatic rings. The second kappa shape index (κ2) is 4.86. The van der Waals surface area contributed by atoms with Crippen LogP contribution in [0, 0.1) is 0 Å². The maximum Gasteiger partial charge on any atom is -0.0161 e. The first-order valence-corrected chi connectivity index (χ1v) is 5.04. The van der Waals surface area contributed by atoms with Gasteiger partial charge in [0.15, 0.2) is 0 Å². The van der Waals surface area contributed by atoms with Crippen molar-refractivity contribution in [3.05, 3.63) is 42.0 Å². The van der Waals surface area contributed by atoms with Crippen LogP contribution < -0.4 is 0 Å².